The van der Waals surface area contributed by atoms with Gasteiger partial charge in [0.25, 0.3) is 0 Å². The summed E-state index contributed by atoms with van der Waals surface area (Å²) in [6.07, 6.45) is 6.00. The molecule has 82 valence electrons. The predicted molar refractivity (Wildman–Crippen MR) is 60.7 cm³/mol. The van der Waals surface area contributed by atoms with Crippen molar-refractivity contribution in [2.75, 3.05) is 12.0 Å². The highest BCUT2D eigenvalue weighted by Crippen LogP contribution is 1.99. The summed E-state index contributed by atoms with van der Waals surface area (Å²) in [5.74, 6) is -0.145. The molecule has 5 heteroatoms. The normalized spacial score (nSPS) is 10.2. The van der Waals surface area contributed by atoms with Crippen LogP contribution in [0.2, 0.25) is 0 Å². The van der Waals surface area contributed by atoms with Crippen LogP contribution in [0.25, 0.3) is 0 Å². The lowest BCUT2D eigenvalue weighted by atomic mass is 10.2. The molecule has 0 aliphatic heterocycles. The maximum absolute atomic E-state index is 11.1. The van der Waals surface area contributed by atoms with Gasteiger partial charge in [-0.3, -0.25) is 4.79 Å². The summed E-state index contributed by atoms with van der Waals surface area (Å²) in [4.78, 5) is 21.8. The van der Waals surface area contributed by atoms with E-state index in [4.69, 9.17) is 5.11 Å². The van der Waals surface area contributed by atoms with Gasteiger partial charge in [-0.1, -0.05) is 0 Å². The number of carboxylic acid groups (broad SMARTS) is 1. The molecule has 1 aromatic heterocycles. The predicted octanol–water partition coefficient (Wildman–Crippen LogP) is 1.30. The van der Waals surface area contributed by atoms with Gasteiger partial charge in [-0.15, -0.1) is 0 Å². The first-order valence-electron chi connectivity index (χ1n) is 4.57. The van der Waals surface area contributed by atoms with E-state index in [1.54, 1.807) is 22.5 Å². The number of aromatic nitrogens is 1. The number of nitrogens with zero attached hydrogens (tertiary/aromatic N) is 1. The van der Waals surface area contributed by atoms with Crippen molar-refractivity contribution < 1.29 is 9.90 Å². The third-order valence-electron chi connectivity index (χ3n) is 1.97. The van der Waals surface area contributed by atoms with Gasteiger partial charge in [-0.2, -0.15) is 11.8 Å². The van der Waals surface area contributed by atoms with Gasteiger partial charge in [0.1, 0.15) is 5.56 Å². The Hall–Kier alpha value is -1.23. The van der Waals surface area contributed by atoms with E-state index < -0.39 is 11.4 Å². The monoisotopic (exact) mass is 227 g/mol. The summed E-state index contributed by atoms with van der Waals surface area (Å²) >= 11 is 1.74. The van der Waals surface area contributed by atoms with Crippen LogP contribution in [-0.4, -0.2) is 27.7 Å². The minimum absolute atomic E-state index is 0.165. The Bertz CT molecular complexity index is 400. The van der Waals surface area contributed by atoms with Gasteiger partial charge in [-0.25, -0.2) is 4.79 Å². The fourth-order valence-corrected chi connectivity index (χ4v) is 1.63. The summed E-state index contributed by atoms with van der Waals surface area (Å²) < 4.78 is 1.74. The van der Waals surface area contributed by atoms with Crippen molar-refractivity contribution >= 4 is 17.7 Å². The molecule has 0 aromatic carbocycles. The summed E-state index contributed by atoms with van der Waals surface area (Å²) in [6, 6.07) is 1.29. The molecule has 1 rings (SSSR count). The van der Waals surface area contributed by atoms with Crippen LogP contribution in [0.3, 0.4) is 0 Å². The van der Waals surface area contributed by atoms with Crippen LogP contribution in [0.15, 0.2) is 23.3 Å². The number of rotatable bonds is 5. The molecule has 0 aliphatic carbocycles. The fraction of sp³-hybridized carbons (Fsp3) is 0.400. The Morgan fingerprint density at radius 1 is 1.60 bits per heavy atom. The molecular formula is C10H13NO3S. The third kappa shape index (κ3) is 3.43. The highest BCUT2D eigenvalue weighted by Gasteiger charge is 2.07. The van der Waals surface area contributed by atoms with Gasteiger partial charge < -0.3 is 9.67 Å². The Morgan fingerprint density at radius 3 is 2.93 bits per heavy atom. The second-order valence-electron chi connectivity index (χ2n) is 3.11. The van der Waals surface area contributed by atoms with E-state index in [1.165, 1.54) is 12.3 Å². The van der Waals surface area contributed by atoms with E-state index in [1.807, 2.05) is 6.26 Å². The highest BCUT2D eigenvalue weighted by atomic mass is 32.2. The zero-order chi connectivity index (χ0) is 11.3. The number of hydrogen-bond donors (Lipinski definition) is 1. The summed E-state index contributed by atoms with van der Waals surface area (Å²) in [7, 11) is 0. The largest absolute Gasteiger partial charge is 0.477 e. The highest BCUT2D eigenvalue weighted by molar-refractivity contribution is 7.98. The van der Waals surface area contributed by atoms with Crippen molar-refractivity contribution in [2.45, 2.75) is 13.0 Å². The van der Waals surface area contributed by atoms with Crippen LogP contribution in [0.1, 0.15) is 16.8 Å². The first kappa shape index (κ1) is 11.8. The number of aromatic carboxylic acids is 1. The van der Waals surface area contributed by atoms with Crippen molar-refractivity contribution in [2.24, 2.45) is 0 Å². The Balaban J connectivity index is 2.79. The first-order chi connectivity index (χ1) is 7.15. The Labute approximate surface area is 91.9 Å². The van der Waals surface area contributed by atoms with Crippen molar-refractivity contribution in [1.29, 1.82) is 0 Å². The van der Waals surface area contributed by atoms with Gasteiger partial charge in [0.05, 0.1) is 0 Å². The molecular weight excluding hydrogens is 214 g/mol. The van der Waals surface area contributed by atoms with Gasteiger partial charge in [-0.05, 0) is 18.4 Å². The third-order valence-corrected chi connectivity index (χ3v) is 2.67. The Kier molecular flexibility index (Phi) is 4.42. The molecule has 0 unspecified atom stereocenters. The molecule has 1 N–H and O–H groups in total. The van der Waals surface area contributed by atoms with Crippen LogP contribution in [0.5, 0.6) is 0 Å². The van der Waals surface area contributed by atoms with Crippen molar-refractivity contribution in [3.05, 3.63) is 34.2 Å². The van der Waals surface area contributed by atoms with E-state index in [0.717, 1.165) is 18.7 Å². The van der Waals surface area contributed by atoms with Gasteiger partial charge in [0.2, 0.25) is 0 Å². The van der Waals surface area contributed by atoms with Gasteiger partial charge >= 0.3 is 5.97 Å². The molecule has 0 aliphatic rings. The fourth-order valence-electron chi connectivity index (χ4n) is 1.22. The summed E-state index contributed by atoms with van der Waals surface area (Å²) in [6.45, 7) is 0.738. The molecule has 0 radical (unpaired) electrons. The van der Waals surface area contributed by atoms with Crippen molar-refractivity contribution in [3.8, 4) is 0 Å². The number of pyridine rings is 1. The summed E-state index contributed by atoms with van der Waals surface area (Å²) in [5, 5.41) is 8.74. The molecule has 0 amide bonds. The van der Waals surface area contributed by atoms with Crippen molar-refractivity contribution in [1.82, 2.24) is 4.57 Å². The van der Waals surface area contributed by atoms with Crippen LogP contribution >= 0.6 is 11.8 Å². The topological polar surface area (TPSA) is 59.3 Å². The summed E-state index contributed by atoms with van der Waals surface area (Å²) in [5.41, 5.74) is -0.606. The van der Waals surface area contributed by atoms with E-state index in [2.05, 4.69) is 0 Å². The zero-order valence-corrected chi connectivity index (χ0v) is 9.29. The minimum Gasteiger partial charge on any atom is -0.477 e. The SMILES string of the molecule is CSCCCn1ccc(=O)c(C(=O)O)c1. The smallest absolute Gasteiger partial charge is 0.341 e. The molecule has 0 bridgehead atoms. The quantitative estimate of drug-likeness (QED) is 0.770. The molecule has 0 saturated carbocycles. The number of carbonyl (C=O) groups is 1. The lowest BCUT2D eigenvalue weighted by Crippen LogP contribution is -2.16. The standard InChI is InChI=1S/C10H13NO3S/c1-15-6-2-4-11-5-3-9(12)8(7-11)10(13)14/h3,5,7H,2,4,6H2,1H3,(H,13,14). The molecule has 0 atom stereocenters. The lowest BCUT2D eigenvalue weighted by molar-refractivity contribution is 0.0694. The van der Waals surface area contributed by atoms with E-state index >= 15 is 0 Å². The first-order valence-corrected chi connectivity index (χ1v) is 5.97. The second kappa shape index (κ2) is 5.60. The lowest BCUT2D eigenvalue weighted by Gasteiger charge is -2.05. The molecule has 4 nitrogen and oxygen atoms in total. The van der Waals surface area contributed by atoms with E-state index in [0.29, 0.717) is 0 Å². The molecule has 0 saturated heterocycles. The van der Waals surface area contributed by atoms with Crippen LogP contribution in [-0.2, 0) is 6.54 Å². The second-order valence-corrected chi connectivity index (χ2v) is 4.10. The van der Waals surface area contributed by atoms with Crippen LogP contribution < -0.4 is 5.43 Å². The number of aryl methyl sites for hydroxylation is 1. The molecule has 0 spiro atoms. The van der Waals surface area contributed by atoms with Gasteiger partial charge in [0, 0.05) is 25.0 Å². The average Bonchev–Trinajstić information content (AvgIpc) is 2.20. The van der Waals surface area contributed by atoms with Gasteiger partial charge in [0.15, 0.2) is 5.43 Å². The number of thioether (sulfide) groups is 1. The van der Waals surface area contributed by atoms with Crippen LogP contribution in [0, 0.1) is 0 Å². The van der Waals surface area contributed by atoms with Crippen molar-refractivity contribution in [3.63, 3.8) is 0 Å². The maximum Gasteiger partial charge on any atom is 0.341 e. The Morgan fingerprint density at radius 2 is 2.33 bits per heavy atom. The molecule has 0 fully saturated rings. The maximum atomic E-state index is 11.1. The number of carboxylic acids is 1. The molecule has 1 heterocycles. The average molecular weight is 227 g/mol. The molecule has 15 heavy (non-hydrogen) atoms. The minimum atomic E-state index is -1.17. The van der Waals surface area contributed by atoms with E-state index in [-0.39, 0.29) is 5.56 Å². The number of hydrogen-bond acceptors (Lipinski definition) is 3. The van der Waals surface area contributed by atoms with E-state index in [9.17, 15) is 9.59 Å². The zero-order valence-electron chi connectivity index (χ0n) is 8.47. The van der Waals surface area contributed by atoms with Crippen LogP contribution in [0.4, 0.5) is 0 Å². The molecule has 1 aromatic rings.